The predicted octanol–water partition coefficient (Wildman–Crippen LogP) is 3.90. The fraction of sp³-hybridized carbons (Fsp3) is 0.348. The van der Waals surface area contributed by atoms with Crippen LogP contribution in [0.4, 0.5) is 0 Å². The van der Waals surface area contributed by atoms with Crippen molar-refractivity contribution in [2.45, 2.75) is 12.8 Å². The molecule has 6 nitrogen and oxygen atoms in total. The van der Waals surface area contributed by atoms with E-state index >= 15 is 0 Å². The molecule has 1 aromatic carbocycles. The van der Waals surface area contributed by atoms with Gasteiger partial charge in [-0.25, -0.2) is 0 Å². The normalized spacial score (nSPS) is 15.4. The summed E-state index contributed by atoms with van der Waals surface area (Å²) < 4.78 is 13.6. The maximum Gasteiger partial charge on any atom is 0.160 e. The number of methoxy groups -OCH3 is 2. The van der Waals surface area contributed by atoms with Gasteiger partial charge in [0.05, 0.1) is 14.2 Å². The number of aliphatic imine (C=N–C) groups is 1. The Labute approximate surface area is 184 Å². The number of nitrogens with one attached hydrogen (secondary N) is 1. The standard InChI is InChI=1S/C23H31N3O3S/c1-24-11-4-5-18-6-8-20(21(27)15-18)17-26(14-12-25-30)13-10-19-7-9-22(28-2)23(16-19)29-3/h4-9,11,16,25,27,30H,1,10,12-15,17H2,2-3H3/b11-4-,18-5-. The Hall–Kier alpha value is -2.48. The number of hydrogen-bond acceptors (Lipinski definition) is 7. The smallest absolute Gasteiger partial charge is 0.160 e. The maximum absolute atomic E-state index is 10.5. The largest absolute Gasteiger partial charge is 0.512 e. The lowest BCUT2D eigenvalue weighted by atomic mass is 9.99. The molecule has 0 saturated heterocycles. The van der Waals surface area contributed by atoms with Crippen LogP contribution in [0.2, 0.25) is 0 Å². The van der Waals surface area contributed by atoms with Crippen LogP contribution in [-0.2, 0) is 6.42 Å². The van der Waals surface area contributed by atoms with Gasteiger partial charge >= 0.3 is 0 Å². The maximum atomic E-state index is 10.5. The Kier molecular flexibility index (Phi) is 10.3. The number of aliphatic hydroxyl groups excluding tert-OH is 1. The molecule has 0 aromatic heterocycles. The number of rotatable bonds is 12. The molecule has 2 N–H and O–H groups in total. The summed E-state index contributed by atoms with van der Waals surface area (Å²) in [6.45, 7) is 6.49. The van der Waals surface area contributed by atoms with Crippen LogP contribution in [0.25, 0.3) is 0 Å². The molecule has 30 heavy (non-hydrogen) atoms. The van der Waals surface area contributed by atoms with Gasteiger partial charge in [0.25, 0.3) is 0 Å². The molecule has 1 aliphatic rings. The van der Waals surface area contributed by atoms with E-state index in [1.165, 1.54) is 5.56 Å². The molecule has 0 aliphatic heterocycles. The summed E-state index contributed by atoms with van der Waals surface area (Å²) in [6.07, 6.45) is 10.8. The molecule has 2 rings (SSSR count). The molecule has 0 saturated carbocycles. The van der Waals surface area contributed by atoms with Gasteiger partial charge in [0.1, 0.15) is 5.76 Å². The molecule has 1 aromatic rings. The Morgan fingerprint density at radius 3 is 2.70 bits per heavy atom. The van der Waals surface area contributed by atoms with E-state index in [-0.39, 0.29) is 0 Å². The summed E-state index contributed by atoms with van der Waals surface area (Å²) in [6, 6.07) is 5.99. The Morgan fingerprint density at radius 1 is 1.23 bits per heavy atom. The van der Waals surface area contributed by atoms with Crippen LogP contribution in [0.3, 0.4) is 0 Å². The second kappa shape index (κ2) is 13.0. The van der Waals surface area contributed by atoms with Gasteiger partial charge in [0.2, 0.25) is 0 Å². The van der Waals surface area contributed by atoms with Crippen LogP contribution in [0, 0.1) is 0 Å². The Morgan fingerprint density at radius 2 is 2.03 bits per heavy atom. The van der Waals surface area contributed by atoms with Gasteiger partial charge in [-0.05, 0) is 42.5 Å². The van der Waals surface area contributed by atoms with Crippen LogP contribution in [0.15, 0.2) is 70.6 Å². The number of thiol groups is 1. The lowest BCUT2D eigenvalue weighted by molar-refractivity contribution is 0.297. The molecule has 0 radical (unpaired) electrons. The molecule has 0 spiro atoms. The molecule has 0 heterocycles. The van der Waals surface area contributed by atoms with Crippen molar-refractivity contribution >= 4 is 19.5 Å². The Bertz CT molecular complexity index is 831. The SMILES string of the molecule is C=N/C=C\C=C1\C=CC(CN(CCNS)CCc2ccc(OC)c(OC)c2)=C(O)C1. The third kappa shape index (κ3) is 7.40. The third-order valence-corrected chi connectivity index (χ3v) is 5.06. The monoisotopic (exact) mass is 429 g/mol. The minimum absolute atomic E-state index is 0.402. The first-order valence-corrected chi connectivity index (χ1v) is 10.3. The first kappa shape index (κ1) is 23.8. The van der Waals surface area contributed by atoms with Crippen LogP contribution in [0.1, 0.15) is 12.0 Å². The molecule has 7 heteroatoms. The van der Waals surface area contributed by atoms with E-state index in [4.69, 9.17) is 9.47 Å². The summed E-state index contributed by atoms with van der Waals surface area (Å²) in [5.74, 6) is 1.86. The van der Waals surface area contributed by atoms with E-state index in [2.05, 4.69) is 40.2 Å². The lowest BCUT2D eigenvalue weighted by Crippen LogP contribution is -2.33. The van der Waals surface area contributed by atoms with E-state index in [1.54, 1.807) is 20.4 Å². The lowest BCUT2D eigenvalue weighted by Gasteiger charge is -2.24. The van der Waals surface area contributed by atoms with Crippen molar-refractivity contribution in [2.75, 3.05) is 40.4 Å². The van der Waals surface area contributed by atoms with Crippen molar-refractivity contribution in [1.82, 2.24) is 9.62 Å². The number of aliphatic hydroxyl groups is 1. The first-order valence-electron chi connectivity index (χ1n) is 9.82. The average Bonchev–Trinajstić information content (AvgIpc) is 2.77. The Balaban J connectivity index is 2.03. The summed E-state index contributed by atoms with van der Waals surface area (Å²) in [5, 5.41) is 10.5. The van der Waals surface area contributed by atoms with Gasteiger partial charge in [-0.3, -0.25) is 14.6 Å². The molecule has 0 bridgehead atoms. The fourth-order valence-corrected chi connectivity index (χ4v) is 3.30. The average molecular weight is 430 g/mol. The number of allylic oxidation sites excluding steroid dienone is 4. The molecular formula is C23H31N3O3S. The topological polar surface area (TPSA) is 66.3 Å². The van der Waals surface area contributed by atoms with Gasteiger partial charge in [-0.1, -0.05) is 37.1 Å². The molecule has 0 atom stereocenters. The summed E-state index contributed by atoms with van der Waals surface area (Å²) >= 11 is 4.11. The fourth-order valence-electron chi connectivity index (χ4n) is 3.20. The summed E-state index contributed by atoms with van der Waals surface area (Å²) in [4.78, 5) is 5.98. The van der Waals surface area contributed by atoms with Crippen molar-refractivity contribution < 1.29 is 14.6 Å². The second-order valence-corrected chi connectivity index (χ2v) is 7.19. The third-order valence-electron chi connectivity index (χ3n) is 4.84. The van der Waals surface area contributed by atoms with Crippen LogP contribution >= 0.6 is 12.8 Å². The quantitative estimate of drug-likeness (QED) is 0.347. The highest BCUT2D eigenvalue weighted by Gasteiger charge is 2.15. The van der Waals surface area contributed by atoms with Crippen molar-refractivity contribution in [3.05, 3.63) is 71.2 Å². The minimum atomic E-state index is 0.402. The highest BCUT2D eigenvalue weighted by molar-refractivity contribution is 7.78. The van der Waals surface area contributed by atoms with Gasteiger partial charge in [0.15, 0.2) is 11.5 Å². The van der Waals surface area contributed by atoms with E-state index < -0.39 is 0 Å². The van der Waals surface area contributed by atoms with Crippen LogP contribution in [-0.4, -0.2) is 57.1 Å². The molecular weight excluding hydrogens is 398 g/mol. The number of ether oxygens (including phenoxy) is 2. The van der Waals surface area contributed by atoms with Crippen LogP contribution < -0.4 is 14.2 Å². The zero-order valence-electron chi connectivity index (χ0n) is 17.7. The number of hydrogen-bond donors (Lipinski definition) is 3. The van der Waals surface area contributed by atoms with Gasteiger partial charge in [0, 0.05) is 44.4 Å². The summed E-state index contributed by atoms with van der Waals surface area (Å²) in [7, 11) is 3.28. The van der Waals surface area contributed by atoms with E-state index in [9.17, 15) is 5.11 Å². The molecule has 1 aliphatic carbocycles. The zero-order chi connectivity index (χ0) is 21.8. The highest BCUT2D eigenvalue weighted by Crippen LogP contribution is 2.28. The van der Waals surface area contributed by atoms with Crippen molar-refractivity contribution in [2.24, 2.45) is 4.99 Å². The van der Waals surface area contributed by atoms with Crippen molar-refractivity contribution in [3.63, 3.8) is 0 Å². The minimum Gasteiger partial charge on any atom is -0.512 e. The van der Waals surface area contributed by atoms with E-state index in [1.807, 2.05) is 36.4 Å². The first-order chi connectivity index (χ1) is 14.6. The van der Waals surface area contributed by atoms with Crippen molar-refractivity contribution in [3.8, 4) is 11.5 Å². The zero-order valence-corrected chi connectivity index (χ0v) is 18.6. The van der Waals surface area contributed by atoms with Gasteiger partial charge in [-0.2, -0.15) is 0 Å². The summed E-state index contributed by atoms with van der Waals surface area (Å²) in [5.41, 5.74) is 3.14. The molecule has 0 unspecified atom stereocenters. The highest BCUT2D eigenvalue weighted by atomic mass is 32.1. The van der Waals surface area contributed by atoms with E-state index in [0.29, 0.717) is 18.7 Å². The van der Waals surface area contributed by atoms with E-state index in [0.717, 1.165) is 48.7 Å². The number of benzene rings is 1. The second-order valence-electron chi connectivity index (χ2n) is 6.87. The van der Waals surface area contributed by atoms with Crippen LogP contribution in [0.5, 0.6) is 11.5 Å². The van der Waals surface area contributed by atoms with Gasteiger partial charge < -0.3 is 14.6 Å². The number of nitrogens with zero attached hydrogens (tertiary/aromatic N) is 2. The van der Waals surface area contributed by atoms with Crippen molar-refractivity contribution in [1.29, 1.82) is 0 Å². The molecule has 162 valence electrons. The molecule has 0 fully saturated rings. The predicted molar refractivity (Wildman–Crippen MR) is 127 cm³/mol. The molecule has 0 amide bonds. The van der Waals surface area contributed by atoms with Gasteiger partial charge in [-0.15, -0.1) is 0 Å².